The molecule has 4 aromatic rings. The smallest absolute Gasteiger partial charge is 0.147 e. The predicted octanol–water partition coefficient (Wildman–Crippen LogP) is 4.10. The van der Waals surface area contributed by atoms with E-state index in [4.69, 9.17) is 4.98 Å². The molecule has 23 heavy (non-hydrogen) atoms. The fourth-order valence-electron chi connectivity index (χ4n) is 2.67. The van der Waals surface area contributed by atoms with Gasteiger partial charge in [0.05, 0.1) is 17.2 Å². The Balaban J connectivity index is 2.01. The number of imidazole rings is 1. The van der Waals surface area contributed by atoms with Crippen LogP contribution in [0.25, 0.3) is 28.1 Å². The highest BCUT2D eigenvalue weighted by atomic mass is 15.1. The number of pyridine rings is 2. The van der Waals surface area contributed by atoms with E-state index in [-0.39, 0.29) is 0 Å². The van der Waals surface area contributed by atoms with Crippen LogP contribution in [0, 0.1) is 13.8 Å². The van der Waals surface area contributed by atoms with Gasteiger partial charge in [0.2, 0.25) is 0 Å². The molecule has 0 fully saturated rings. The van der Waals surface area contributed by atoms with Gasteiger partial charge in [-0.2, -0.15) is 0 Å². The molecule has 0 saturated heterocycles. The van der Waals surface area contributed by atoms with E-state index in [2.05, 4.69) is 51.8 Å². The molecule has 4 heteroatoms. The van der Waals surface area contributed by atoms with Gasteiger partial charge in [-0.15, -0.1) is 0 Å². The first-order chi connectivity index (χ1) is 11.2. The summed E-state index contributed by atoms with van der Waals surface area (Å²) in [7, 11) is 0. The first-order valence-corrected chi connectivity index (χ1v) is 7.55. The molecule has 4 rings (SSSR count). The highest BCUT2D eigenvalue weighted by Crippen LogP contribution is 2.27. The van der Waals surface area contributed by atoms with E-state index < -0.39 is 0 Å². The van der Waals surface area contributed by atoms with Crippen molar-refractivity contribution in [2.75, 3.05) is 0 Å². The SMILES string of the molecule is Cc1ccc(-n2c(-c3ccc(C)nc3)nc3ccncc32)cc1. The number of fused-ring (bicyclic) bond motifs is 1. The lowest BCUT2D eigenvalue weighted by molar-refractivity contribution is 1.08. The quantitative estimate of drug-likeness (QED) is 0.560. The molecule has 0 aliphatic carbocycles. The van der Waals surface area contributed by atoms with Crippen LogP contribution in [0.5, 0.6) is 0 Å². The number of hydrogen-bond acceptors (Lipinski definition) is 3. The van der Waals surface area contributed by atoms with Crippen molar-refractivity contribution in [3.05, 3.63) is 72.3 Å². The Bertz CT molecular complexity index is 967. The van der Waals surface area contributed by atoms with Crippen LogP contribution in [0.3, 0.4) is 0 Å². The third-order valence-electron chi connectivity index (χ3n) is 3.92. The molecule has 0 bridgehead atoms. The Morgan fingerprint density at radius 2 is 1.70 bits per heavy atom. The number of rotatable bonds is 2. The summed E-state index contributed by atoms with van der Waals surface area (Å²) in [6.07, 6.45) is 5.49. The minimum Gasteiger partial charge on any atom is -0.291 e. The Morgan fingerprint density at radius 3 is 2.43 bits per heavy atom. The van der Waals surface area contributed by atoms with Crippen LogP contribution in [-0.2, 0) is 0 Å². The van der Waals surface area contributed by atoms with Crippen LogP contribution < -0.4 is 0 Å². The standard InChI is InChI=1S/C19H16N4/c1-13-3-7-16(8-4-13)23-18-12-20-10-9-17(18)22-19(23)15-6-5-14(2)21-11-15/h3-12H,1-2H3. The van der Waals surface area contributed by atoms with Crippen molar-refractivity contribution in [2.45, 2.75) is 13.8 Å². The van der Waals surface area contributed by atoms with E-state index in [0.29, 0.717) is 0 Å². The van der Waals surface area contributed by atoms with Crippen molar-refractivity contribution in [2.24, 2.45) is 0 Å². The van der Waals surface area contributed by atoms with E-state index >= 15 is 0 Å². The van der Waals surface area contributed by atoms with Crippen molar-refractivity contribution >= 4 is 11.0 Å². The van der Waals surface area contributed by atoms with Crippen LogP contribution >= 0.6 is 0 Å². The van der Waals surface area contributed by atoms with Crippen LogP contribution in [-0.4, -0.2) is 19.5 Å². The van der Waals surface area contributed by atoms with Gasteiger partial charge in [-0.05, 0) is 44.2 Å². The molecule has 3 aromatic heterocycles. The molecule has 0 N–H and O–H groups in total. The Hall–Kier alpha value is -3.01. The Morgan fingerprint density at radius 1 is 0.870 bits per heavy atom. The minimum atomic E-state index is 0.879. The van der Waals surface area contributed by atoms with Gasteiger partial charge in [0.15, 0.2) is 0 Å². The molecule has 0 aliphatic rings. The third kappa shape index (κ3) is 2.38. The second-order valence-corrected chi connectivity index (χ2v) is 5.66. The topological polar surface area (TPSA) is 43.6 Å². The van der Waals surface area contributed by atoms with E-state index in [1.165, 1.54) is 5.56 Å². The zero-order valence-corrected chi connectivity index (χ0v) is 13.1. The molecule has 0 aliphatic heterocycles. The van der Waals surface area contributed by atoms with Gasteiger partial charge in [0, 0.05) is 29.3 Å². The number of nitrogens with zero attached hydrogens (tertiary/aromatic N) is 4. The van der Waals surface area contributed by atoms with Crippen LogP contribution in [0.1, 0.15) is 11.3 Å². The molecule has 0 atom stereocenters. The fourth-order valence-corrected chi connectivity index (χ4v) is 2.67. The van der Waals surface area contributed by atoms with Gasteiger partial charge in [-0.3, -0.25) is 14.5 Å². The fraction of sp³-hybridized carbons (Fsp3) is 0.105. The molecule has 0 saturated carbocycles. The lowest BCUT2D eigenvalue weighted by Crippen LogP contribution is -1.98. The Labute approximate surface area is 134 Å². The highest BCUT2D eigenvalue weighted by Gasteiger charge is 2.14. The molecule has 0 radical (unpaired) electrons. The van der Waals surface area contributed by atoms with Crippen LogP contribution in [0.2, 0.25) is 0 Å². The van der Waals surface area contributed by atoms with E-state index in [0.717, 1.165) is 33.8 Å². The summed E-state index contributed by atoms with van der Waals surface area (Å²) in [5.74, 6) is 0.879. The first-order valence-electron chi connectivity index (χ1n) is 7.55. The molecule has 1 aromatic carbocycles. The normalized spacial score (nSPS) is 11.0. The average Bonchev–Trinajstić information content (AvgIpc) is 2.96. The first kappa shape index (κ1) is 13.6. The molecule has 4 nitrogen and oxygen atoms in total. The third-order valence-corrected chi connectivity index (χ3v) is 3.92. The lowest BCUT2D eigenvalue weighted by atomic mass is 10.2. The van der Waals surface area contributed by atoms with Gasteiger partial charge >= 0.3 is 0 Å². The summed E-state index contributed by atoms with van der Waals surface area (Å²) >= 11 is 0. The summed E-state index contributed by atoms with van der Waals surface area (Å²) in [5.41, 5.74) is 6.21. The zero-order chi connectivity index (χ0) is 15.8. The second-order valence-electron chi connectivity index (χ2n) is 5.66. The van der Waals surface area contributed by atoms with Gasteiger partial charge in [-0.1, -0.05) is 17.7 Å². The lowest BCUT2D eigenvalue weighted by Gasteiger charge is -2.09. The van der Waals surface area contributed by atoms with Gasteiger partial charge in [0.1, 0.15) is 5.82 Å². The summed E-state index contributed by atoms with van der Waals surface area (Å²) < 4.78 is 2.13. The van der Waals surface area contributed by atoms with Crippen molar-refractivity contribution in [1.82, 2.24) is 19.5 Å². The molecular formula is C19H16N4. The summed E-state index contributed by atoms with van der Waals surface area (Å²) in [5, 5.41) is 0. The summed E-state index contributed by atoms with van der Waals surface area (Å²) in [6.45, 7) is 4.07. The number of benzene rings is 1. The monoisotopic (exact) mass is 300 g/mol. The van der Waals surface area contributed by atoms with Gasteiger partial charge < -0.3 is 0 Å². The predicted molar refractivity (Wildman–Crippen MR) is 91.6 cm³/mol. The molecule has 3 heterocycles. The maximum absolute atomic E-state index is 4.79. The number of hydrogen-bond donors (Lipinski definition) is 0. The molecular weight excluding hydrogens is 284 g/mol. The van der Waals surface area contributed by atoms with Crippen LogP contribution in [0.15, 0.2) is 61.1 Å². The largest absolute Gasteiger partial charge is 0.291 e. The van der Waals surface area contributed by atoms with Gasteiger partial charge in [0.25, 0.3) is 0 Å². The highest BCUT2D eigenvalue weighted by molar-refractivity contribution is 5.82. The Kier molecular flexibility index (Phi) is 3.15. The van der Waals surface area contributed by atoms with Crippen molar-refractivity contribution in [3.8, 4) is 17.1 Å². The van der Waals surface area contributed by atoms with Crippen molar-refractivity contribution < 1.29 is 0 Å². The summed E-state index contributed by atoms with van der Waals surface area (Å²) in [6, 6.07) is 14.4. The summed E-state index contributed by atoms with van der Waals surface area (Å²) in [4.78, 5) is 13.5. The average molecular weight is 300 g/mol. The molecule has 112 valence electrons. The molecule has 0 spiro atoms. The zero-order valence-electron chi connectivity index (χ0n) is 13.1. The number of aromatic nitrogens is 4. The molecule has 0 amide bonds. The van der Waals surface area contributed by atoms with E-state index in [1.807, 2.05) is 31.5 Å². The van der Waals surface area contributed by atoms with E-state index in [9.17, 15) is 0 Å². The maximum Gasteiger partial charge on any atom is 0.147 e. The minimum absolute atomic E-state index is 0.879. The maximum atomic E-state index is 4.79. The number of aryl methyl sites for hydroxylation is 2. The van der Waals surface area contributed by atoms with Crippen LogP contribution in [0.4, 0.5) is 0 Å². The van der Waals surface area contributed by atoms with Crippen molar-refractivity contribution in [3.63, 3.8) is 0 Å². The van der Waals surface area contributed by atoms with Crippen molar-refractivity contribution in [1.29, 1.82) is 0 Å². The second kappa shape index (κ2) is 5.32. The van der Waals surface area contributed by atoms with E-state index in [1.54, 1.807) is 6.20 Å². The van der Waals surface area contributed by atoms with Gasteiger partial charge in [-0.25, -0.2) is 4.98 Å². The molecule has 0 unspecified atom stereocenters.